The number of rotatable bonds is 3. The van der Waals surface area contributed by atoms with Crippen molar-refractivity contribution in [2.24, 2.45) is 0 Å². The number of hydrogen-bond donors (Lipinski definition) is 3. The standard InChI is InChI=1S/C11H14N2O3S/c1-9-5-6-10(4-3-7-14)11(8-9)13-17(15,16)12-2/h5-6,8,12-14H,7H2,1-2H3. The Morgan fingerprint density at radius 3 is 2.71 bits per heavy atom. The average molecular weight is 254 g/mol. The molecule has 0 saturated heterocycles. The third-order valence-corrected chi connectivity index (χ3v) is 3.02. The van der Waals surface area contributed by atoms with Gasteiger partial charge in [0.2, 0.25) is 0 Å². The molecule has 0 atom stereocenters. The lowest BCUT2D eigenvalue weighted by atomic mass is 10.1. The van der Waals surface area contributed by atoms with Crippen LogP contribution in [0.25, 0.3) is 0 Å². The summed E-state index contributed by atoms with van der Waals surface area (Å²) >= 11 is 0. The summed E-state index contributed by atoms with van der Waals surface area (Å²) in [4.78, 5) is 0. The predicted octanol–water partition coefficient (Wildman–Crippen LogP) is 0.215. The molecule has 0 spiro atoms. The van der Waals surface area contributed by atoms with Gasteiger partial charge in [-0.15, -0.1) is 0 Å². The molecule has 0 amide bonds. The van der Waals surface area contributed by atoms with Crippen LogP contribution < -0.4 is 9.44 Å². The van der Waals surface area contributed by atoms with E-state index in [-0.39, 0.29) is 6.61 Å². The van der Waals surface area contributed by atoms with Gasteiger partial charge >= 0.3 is 0 Å². The molecule has 0 unspecified atom stereocenters. The summed E-state index contributed by atoms with van der Waals surface area (Å²) in [5.74, 6) is 5.16. The van der Waals surface area contributed by atoms with E-state index in [9.17, 15) is 8.42 Å². The molecule has 1 rings (SSSR count). The van der Waals surface area contributed by atoms with Crippen molar-refractivity contribution in [3.8, 4) is 11.8 Å². The van der Waals surface area contributed by atoms with Crippen LogP contribution in [0.4, 0.5) is 5.69 Å². The van der Waals surface area contributed by atoms with Gasteiger partial charge in [0, 0.05) is 12.6 Å². The molecule has 0 heterocycles. The largest absolute Gasteiger partial charge is 0.384 e. The lowest BCUT2D eigenvalue weighted by molar-refractivity contribution is 0.350. The molecule has 0 bridgehead atoms. The van der Waals surface area contributed by atoms with Crippen LogP contribution in [0.1, 0.15) is 11.1 Å². The molecule has 0 aromatic heterocycles. The van der Waals surface area contributed by atoms with Crippen LogP contribution in [0, 0.1) is 18.8 Å². The molecule has 5 nitrogen and oxygen atoms in total. The molecule has 92 valence electrons. The Hall–Kier alpha value is -1.55. The van der Waals surface area contributed by atoms with Gasteiger partial charge in [-0.25, -0.2) is 4.72 Å². The number of aliphatic hydroxyl groups excluding tert-OH is 1. The van der Waals surface area contributed by atoms with Crippen molar-refractivity contribution in [3.63, 3.8) is 0 Å². The zero-order valence-corrected chi connectivity index (χ0v) is 10.4. The SMILES string of the molecule is CNS(=O)(=O)Nc1cc(C)ccc1C#CCO. The van der Waals surface area contributed by atoms with Gasteiger partial charge in [-0.3, -0.25) is 4.72 Å². The number of nitrogens with one attached hydrogen (secondary N) is 2. The van der Waals surface area contributed by atoms with Crippen molar-refractivity contribution in [3.05, 3.63) is 29.3 Å². The minimum atomic E-state index is -3.57. The highest BCUT2D eigenvalue weighted by molar-refractivity contribution is 7.90. The van der Waals surface area contributed by atoms with Gasteiger partial charge in [-0.2, -0.15) is 8.42 Å². The van der Waals surface area contributed by atoms with Crippen molar-refractivity contribution in [2.75, 3.05) is 18.4 Å². The summed E-state index contributed by atoms with van der Waals surface area (Å²) in [6.07, 6.45) is 0. The fourth-order valence-electron chi connectivity index (χ4n) is 1.18. The lowest BCUT2D eigenvalue weighted by Crippen LogP contribution is -2.26. The zero-order chi connectivity index (χ0) is 12.9. The van der Waals surface area contributed by atoms with E-state index in [1.807, 2.05) is 13.0 Å². The van der Waals surface area contributed by atoms with Gasteiger partial charge in [0.1, 0.15) is 6.61 Å². The van der Waals surface area contributed by atoms with Crippen LogP contribution in [0.15, 0.2) is 18.2 Å². The fourth-order valence-corrected chi connectivity index (χ4v) is 1.74. The molecule has 0 saturated carbocycles. The van der Waals surface area contributed by atoms with E-state index in [0.717, 1.165) is 5.56 Å². The molecule has 0 aliphatic heterocycles. The monoisotopic (exact) mass is 254 g/mol. The first kappa shape index (κ1) is 13.5. The maximum atomic E-state index is 11.4. The van der Waals surface area contributed by atoms with Gasteiger partial charge in [0.05, 0.1) is 5.69 Å². The second kappa shape index (κ2) is 5.68. The lowest BCUT2D eigenvalue weighted by Gasteiger charge is -2.09. The first-order valence-electron chi connectivity index (χ1n) is 4.90. The van der Waals surface area contributed by atoms with Gasteiger partial charge in [0.25, 0.3) is 10.2 Å². The third-order valence-electron chi connectivity index (χ3n) is 1.99. The number of anilines is 1. The molecule has 0 fully saturated rings. The highest BCUT2D eigenvalue weighted by atomic mass is 32.2. The van der Waals surface area contributed by atoms with Gasteiger partial charge < -0.3 is 5.11 Å². The molecule has 6 heteroatoms. The van der Waals surface area contributed by atoms with E-state index < -0.39 is 10.2 Å². The van der Waals surface area contributed by atoms with E-state index in [1.165, 1.54) is 7.05 Å². The molecule has 17 heavy (non-hydrogen) atoms. The van der Waals surface area contributed by atoms with Gasteiger partial charge in [-0.1, -0.05) is 17.9 Å². The van der Waals surface area contributed by atoms with Crippen molar-refractivity contribution in [1.29, 1.82) is 0 Å². The highest BCUT2D eigenvalue weighted by Gasteiger charge is 2.09. The molecule has 0 aliphatic carbocycles. The Morgan fingerprint density at radius 2 is 2.12 bits per heavy atom. The van der Waals surface area contributed by atoms with Crippen LogP contribution in [-0.2, 0) is 10.2 Å². The van der Waals surface area contributed by atoms with Gasteiger partial charge in [-0.05, 0) is 24.6 Å². The topological polar surface area (TPSA) is 78.4 Å². The normalized spacial score (nSPS) is 10.5. The van der Waals surface area contributed by atoms with Crippen LogP contribution >= 0.6 is 0 Å². The second-order valence-electron chi connectivity index (χ2n) is 3.32. The Labute approximate surface area is 101 Å². The highest BCUT2D eigenvalue weighted by Crippen LogP contribution is 2.17. The first-order valence-corrected chi connectivity index (χ1v) is 6.38. The summed E-state index contributed by atoms with van der Waals surface area (Å²) in [5.41, 5.74) is 1.82. The van der Waals surface area contributed by atoms with Crippen LogP contribution in [0.2, 0.25) is 0 Å². The molecule has 1 aromatic carbocycles. The fraction of sp³-hybridized carbons (Fsp3) is 0.273. The third kappa shape index (κ3) is 4.07. The molecule has 0 aliphatic rings. The summed E-state index contributed by atoms with van der Waals surface area (Å²) in [7, 11) is -2.25. The van der Waals surface area contributed by atoms with Crippen molar-refractivity contribution in [2.45, 2.75) is 6.92 Å². The van der Waals surface area contributed by atoms with E-state index in [0.29, 0.717) is 11.3 Å². The van der Waals surface area contributed by atoms with E-state index in [1.54, 1.807) is 12.1 Å². The first-order chi connectivity index (χ1) is 7.98. The maximum Gasteiger partial charge on any atom is 0.298 e. The van der Waals surface area contributed by atoms with E-state index in [2.05, 4.69) is 21.3 Å². The molecule has 3 N–H and O–H groups in total. The number of benzene rings is 1. The summed E-state index contributed by atoms with van der Waals surface area (Å²) < 4.78 is 27.3. The summed E-state index contributed by atoms with van der Waals surface area (Å²) in [6, 6.07) is 5.19. The van der Waals surface area contributed by atoms with Crippen LogP contribution in [0.5, 0.6) is 0 Å². The second-order valence-corrected chi connectivity index (χ2v) is 4.94. The minimum absolute atomic E-state index is 0.272. The van der Waals surface area contributed by atoms with Crippen molar-refractivity contribution in [1.82, 2.24) is 4.72 Å². The Bertz CT molecular complexity index is 556. The smallest absolute Gasteiger partial charge is 0.298 e. The molecule has 0 radical (unpaired) electrons. The molecular weight excluding hydrogens is 240 g/mol. The number of aryl methyl sites for hydroxylation is 1. The number of aliphatic hydroxyl groups is 1. The Kier molecular flexibility index (Phi) is 4.52. The van der Waals surface area contributed by atoms with Crippen molar-refractivity contribution < 1.29 is 13.5 Å². The van der Waals surface area contributed by atoms with Crippen LogP contribution in [0.3, 0.4) is 0 Å². The maximum absolute atomic E-state index is 11.4. The molecular formula is C11H14N2O3S. The summed E-state index contributed by atoms with van der Waals surface area (Å²) in [6.45, 7) is 1.58. The minimum Gasteiger partial charge on any atom is -0.384 e. The van der Waals surface area contributed by atoms with E-state index in [4.69, 9.17) is 5.11 Å². The van der Waals surface area contributed by atoms with Gasteiger partial charge in [0.15, 0.2) is 0 Å². The molecule has 1 aromatic rings. The predicted molar refractivity (Wildman–Crippen MR) is 66.7 cm³/mol. The Balaban J connectivity index is 3.16. The van der Waals surface area contributed by atoms with Crippen molar-refractivity contribution >= 4 is 15.9 Å². The Morgan fingerprint density at radius 1 is 1.41 bits per heavy atom. The average Bonchev–Trinajstić information content (AvgIpc) is 2.28. The number of hydrogen-bond acceptors (Lipinski definition) is 3. The van der Waals surface area contributed by atoms with E-state index >= 15 is 0 Å². The quantitative estimate of drug-likeness (QED) is 0.675. The summed E-state index contributed by atoms with van der Waals surface area (Å²) in [5, 5.41) is 8.63. The van der Waals surface area contributed by atoms with Crippen LogP contribution in [-0.4, -0.2) is 27.2 Å². The zero-order valence-electron chi connectivity index (χ0n) is 9.61.